The van der Waals surface area contributed by atoms with Gasteiger partial charge in [0, 0.05) is 0 Å². The van der Waals surface area contributed by atoms with E-state index in [1.165, 1.54) is 11.3 Å². The van der Waals surface area contributed by atoms with Crippen molar-refractivity contribution >= 4 is 32.7 Å². The lowest BCUT2D eigenvalue weighted by Crippen LogP contribution is -1.93. The summed E-state index contributed by atoms with van der Waals surface area (Å²) >= 11 is 3.09. The summed E-state index contributed by atoms with van der Waals surface area (Å²) in [5.74, 6) is 0.777. The molecule has 100 valence electrons. The van der Waals surface area contributed by atoms with E-state index in [2.05, 4.69) is 10.2 Å². The summed E-state index contributed by atoms with van der Waals surface area (Å²) in [6, 6.07) is 15.9. The predicted octanol–water partition coefficient (Wildman–Crippen LogP) is 5.80. The molecule has 20 heavy (non-hydrogen) atoms. The molecule has 5 heteroatoms. The third-order valence-electron chi connectivity index (χ3n) is 2.59. The molecule has 0 aliphatic rings. The normalized spacial score (nSPS) is 11.0. The zero-order chi connectivity index (χ0) is 13.6. The lowest BCUT2D eigenvalue weighted by atomic mass is 10.2. The number of hydrogen-bond donors (Lipinski definition) is 0. The lowest BCUT2D eigenvalue weighted by molar-refractivity contribution is 0.308. The highest BCUT2D eigenvalue weighted by Gasteiger charge is 2.05. The van der Waals surface area contributed by atoms with E-state index < -0.39 is 0 Å². The van der Waals surface area contributed by atoms with Gasteiger partial charge < -0.3 is 4.74 Å². The highest BCUT2D eigenvalue weighted by atomic mass is 32.1. The van der Waals surface area contributed by atoms with Crippen LogP contribution >= 0.6 is 22.7 Å². The smallest absolute Gasteiger partial charge is 0.180 e. The van der Waals surface area contributed by atoms with Crippen molar-refractivity contribution in [2.75, 3.05) is 0 Å². The molecule has 0 unspecified atom stereocenters. The second-order valence-corrected chi connectivity index (χ2v) is 5.84. The molecule has 2 heterocycles. The largest absolute Gasteiger partial charge is 0.486 e. The Bertz CT molecular complexity index is 675. The maximum Gasteiger partial charge on any atom is 0.180 e. The van der Waals surface area contributed by atoms with Gasteiger partial charge in [-0.3, -0.25) is 0 Å². The molecule has 0 N–H and O–H groups in total. The Morgan fingerprint density at radius 2 is 1.75 bits per heavy atom. The summed E-state index contributed by atoms with van der Waals surface area (Å²) in [5.41, 5.74) is 1.14. The molecule has 0 atom stereocenters. The third kappa shape index (κ3) is 3.31. The van der Waals surface area contributed by atoms with Crippen LogP contribution in [-0.4, -0.2) is 0 Å². The lowest BCUT2D eigenvalue weighted by Gasteiger charge is -2.04. The molecule has 3 aromatic rings. The zero-order valence-electron chi connectivity index (χ0n) is 10.6. The molecular formula is C15H12N2OS2. The Hall–Kier alpha value is -1.98. The van der Waals surface area contributed by atoms with Crippen LogP contribution in [0, 0.1) is 0 Å². The first-order valence-electron chi connectivity index (χ1n) is 6.11. The molecule has 0 radical (unpaired) electrons. The Kier molecular flexibility index (Phi) is 4.20. The SMILES string of the molecule is c1ccc(COc2ccsc2N=Nc2cccs2)cc1. The summed E-state index contributed by atoms with van der Waals surface area (Å²) in [7, 11) is 0. The highest BCUT2D eigenvalue weighted by molar-refractivity contribution is 7.14. The first-order chi connectivity index (χ1) is 9.92. The summed E-state index contributed by atoms with van der Waals surface area (Å²) < 4.78 is 5.79. The molecule has 0 bridgehead atoms. The second kappa shape index (κ2) is 6.45. The molecule has 0 amide bonds. The van der Waals surface area contributed by atoms with Gasteiger partial charge in [0.25, 0.3) is 0 Å². The zero-order valence-corrected chi connectivity index (χ0v) is 12.2. The Balaban J connectivity index is 1.67. The van der Waals surface area contributed by atoms with Crippen molar-refractivity contribution in [3.05, 3.63) is 64.9 Å². The van der Waals surface area contributed by atoms with E-state index in [0.717, 1.165) is 21.3 Å². The summed E-state index contributed by atoms with van der Waals surface area (Å²) in [5, 5.41) is 14.1. The van der Waals surface area contributed by atoms with Crippen LogP contribution in [0.1, 0.15) is 5.56 Å². The van der Waals surface area contributed by atoms with E-state index in [-0.39, 0.29) is 0 Å². The van der Waals surface area contributed by atoms with Gasteiger partial charge in [0.05, 0.1) is 0 Å². The van der Waals surface area contributed by atoms with Gasteiger partial charge in [-0.15, -0.1) is 32.9 Å². The minimum absolute atomic E-state index is 0.541. The summed E-state index contributed by atoms with van der Waals surface area (Å²) in [6.45, 7) is 0.541. The second-order valence-electron chi connectivity index (χ2n) is 4.02. The fourth-order valence-electron chi connectivity index (χ4n) is 1.63. The number of azo groups is 1. The first kappa shape index (κ1) is 13.0. The molecule has 2 aromatic heterocycles. The van der Waals surface area contributed by atoms with Crippen LogP contribution in [-0.2, 0) is 6.61 Å². The third-order valence-corrected chi connectivity index (χ3v) is 4.12. The van der Waals surface area contributed by atoms with Crippen LogP contribution in [0.25, 0.3) is 0 Å². The van der Waals surface area contributed by atoms with Crippen molar-refractivity contribution in [3.8, 4) is 5.75 Å². The van der Waals surface area contributed by atoms with Crippen molar-refractivity contribution in [2.45, 2.75) is 6.61 Å². The monoisotopic (exact) mass is 300 g/mol. The van der Waals surface area contributed by atoms with Crippen LogP contribution in [0.15, 0.2) is 69.5 Å². The Morgan fingerprint density at radius 1 is 0.850 bits per heavy atom. The van der Waals surface area contributed by atoms with Crippen LogP contribution in [0.2, 0.25) is 0 Å². The molecule has 3 rings (SSSR count). The van der Waals surface area contributed by atoms with E-state index >= 15 is 0 Å². The van der Waals surface area contributed by atoms with Crippen LogP contribution < -0.4 is 4.74 Å². The van der Waals surface area contributed by atoms with Gasteiger partial charge in [0.1, 0.15) is 11.6 Å². The van der Waals surface area contributed by atoms with E-state index in [4.69, 9.17) is 4.74 Å². The van der Waals surface area contributed by atoms with E-state index in [1.54, 1.807) is 11.3 Å². The fraction of sp³-hybridized carbons (Fsp3) is 0.0667. The average Bonchev–Trinajstić information content (AvgIpc) is 3.15. The van der Waals surface area contributed by atoms with E-state index in [9.17, 15) is 0 Å². The number of nitrogens with zero attached hydrogens (tertiary/aromatic N) is 2. The average molecular weight is 300 g/mol. The van der Waals surface area contributed by atoms with E-state index in [1.807, 2.05) is 59.3 Å². The Morgan fingerprint density at radius 3 is 2.55 bits per heavy atom. The first-order valence-corrected chi connectivity index (χ1v) is 7.87. The summed E-state index contributed by atoms with van der Waals surface area (Å²) in [4.78, 5) is 0. The Labute approximate surface area is 125 Å². The summed E-state index contributed by atoms with van der Waals surface area (Å²) in [6.07, 6.45) is 0. The maximum atomic E-state index is 5.79. The van der Waals surface area contributed by atoms with Crippen molar-refractivity contribution in [1.29, 1.82) is 0 Å². The maximum absolute atomic E-state index is 5.79. The molecule has 0 saturated heterocycles. The minimum atomic E-state index is 0.541. The molecule has 1 aromatic carbocycles. The number of rotatable bonds is 5. The molecule has 0 aliphatic carbocycles. The molecule has 0 spiro atoms. The number of hydrogen-bond acceptors (Lipinski definition) is 5. The molecule has 3 nitrogen and oxygen atoms in total. The van der Waals surface area contributed by atoms with Gasteiger partial charge in [-0.1, -0.05) is 30.3 Å². The van der Waals surface area contributed by atoms with Crippen LogP contribution in [0.4, 0.5) is 10.0 Å². The topological polar surface area (TPSA) is 34.0 Å². The predicted molar refractivity (Wildman–Crippen MR) is 83.6 cm³/mol. The van der Waals surface area contributed by atoms with Gasteiger partial charge in [0.15, 0.2) is 10.8 Å². The fourth-order valence-corrected chi connectivity index (χ4v) is 2.82. The van der Waals surface area contributed by atoms with E-state index in [0.29, 0.717) is 6.61 Å². The van der Waals surface area contributed by atoms with Crippen molar-refractivity contribution in [2.24, 2.45) is 10.2 Å². The number of benzene rings is 1. The van der Waals surface area contributed by atoms with Crippen LogP contribution in [0.5, 0.6) is 5.75 Å². The van der Waals surface area contributed by atoms with Gasteiger partial charge >= 0.3 is 0 Å². The van der Waals surface area contributed by atoms with Crippen molar-refractivity contribution in [1.82, 2.24) is 0 Å². The van der Waals surface area contributed by atoms with Crippen LogP contribution in [0.3, 0.4) is 0 Å². The minimum Gasteiger partial charge on any atom is -0.486 e. The number of ether oxygens (including phenoxy) is 1. The highest BCUT2D eigenvalue weighted by Crippen LogP contribution is 2.36. The standard InChI is InChI=1S/C15H12N2OS2/c1-2-5-12(6-3-1)11-18-13-8-10-20-15(13)17-16-14-7-4-9-19-14/h1-10H,11H2. The van der Waals surface area contributed by atoms with Gasteiger partial charge in [-0.2, -0.15) is 0 Å². The van der Waals surface area contributed by atoms with Crippen molar-refractivity contribution in [3.63, 3.8) is 0 Å². The molecule has 0 saturated carbocycles. The molecule has 0 aliphatic heterocycles. The van der Waals surface area contributed by atoms with Gasteiger partial charge in [-0.05, 0) is 34.5 Å². The quantitative estimate of drug-likeness (QED) is 0.548. The molecular weight excluding hydrogens is 288 g/mol. The molecule has 0 fully saturated rings. The number of thiophene rings is 2. The van der Waals surface area contributed by atoms with Gasteiger partial charge in [-0.25, -0.2) is 0 Å². The van der Waals surface area contributed by atoms with Crippen molar-refractivity contribution < 1.29 is 4.74 Å². The van der Waals surface area contributed by atoms with Gasteiger partial charge in [0.2, 0.25) is 0 Å².